The van der Waals surface area contributed by atoms with Crippen molar-refractivity contribution in [3.8, 4) is 0 Å². The SMILES string of the molecule is CNCC1CCCN(C(=O)c2cccnc2Nc2ccc(Cl)c(Cl)c2)C1. The maximum absolute atomic E-state index is 13.1. The van der Waals surface area contributed by atoms with E-state index in [1.54, 1.807) is 36.5 Å². The fraction of sp³-hybridized carbons (Fsp3) is 0.368. The Morgan fingerprint density at radius 1 is 1.31 bits per heavy atom. The van der Waals surface area contributed by atoms with Crippen LogP contribution in [0.5, 0.6) is 0 Å². The number of anilines is 2. The Kier molecular flexibility index (Phi) is 6.35. The van der Waals surface area contributed by atoms with E-state index in [0.29, 0.717) is 27.3 Å². The van der Waals surface area contributed by atoms with Gasteiger partial charge in [0, 0.05) is 25.0 Å². The number of nitrogens with one attached hydrogen (secondary N) is 2. The highest BCUT2D eigenvalue weighted by atomic mass is 35.5. The molecule has 1 saturated heterocycles. The highest BCUT2D eigenvalue weighted by Gasteiger charge is 2.26. The van der Waals surface area contributed by atoms with E-state index in [1.807, 2.05) is 11.9 Å². The number of hydrogen-bond donors (Lipinski definition) is 2. The van der Waals surface area contributed by atoms with Crippen LogP contribution in [0.1, 0.15) is 23.2 Å². The number of aromatic nitrogens is 1. The third-order valence-electron chi connectivity index (χ3n) is 4.52. The van der Waals surface area contributed by atoms with Gasteiger partial charge in [-0.25, -0.2) is 4.98 Å². The third-order valence-corrected chi connectivity index (χ3v) is 5.26. The van der Waals surface area contributed by atoms with Crippen molar-refractivity contribution in [3.05, 3.63) is 52.1 Å². The van der Waals surface area contributed by atoms with E-state index in [2.05, 4.69) is 15.6 Å². The number of halogens is 2. The van der Waals surface area contributed by atoms with Gasteiger partial charge in [0.25, 0.3) is 5.91 Å². The van der Waals surface area contributed by atoms with Crippen molar-refractivity contribution in [3.63, 3.8) is 0 Å². The zero-order valence-corrected chi connectivity index (χ0v) is 16.1. The zero-order chi connectivity index (χ0) is 18.5. The van der Waals surface area contributed by atoms with Gasteiger partial charge in [-0.1, -0.05) is 23.2 Å². The van der Waals surface area contributed by atoms with E-state index < -0.39 is 0 Å². The minimum atomic E-state index is 0.00136. The first-order valence-electron chi connectivity index (χ1n) is 8.69. The molecule has 0 aliphatic carbocycles. The first kappa shape index (κ1) is 19.0. The lowest BCUT2D eigenvalue weighted by molar-refractivity contribution is 0.0675. The largest absolute Gasteiger partial charge is 0.340 e. The van der Waals surface area contributed by atoms with Crippen LogP contribution in [0.25, 0.3) is 0 Å². The van der Waals surface area contributed by atoms with Crippen LogP contribution in [0.15, 0.2) is 36.5 Å². The van der Waals surface area contributed by atoms with Gasteiger partial charge in [0.15, 0.2) is 0 Å². The van der Waals surface area contributed by atoms with Crippen LogP contribution in [0.2, 0.25) is 10.0 Å². The smallest absolute Gasteiger partial charge is 0.257 e. The highest BCUT2D eigenvalue weighted by Crippen LogP contribution is 2.28. The molecule has 1 aromatic carbocycles. The van der Waals surface area contributed by atoms with Gasteiger partial charge < -0.3 is 15.5 Å². The van der Waals surface area contributed by atoms with Gasteiger partial charge in [-0.3, -0.25) is 4.79 Å². The average Bonchev–Trinajstić information content (AvgIpc) is 2.65. The maximum atomic E-state index is 13.1. The molecule has 1 amide bonds. The van der Waals surface area contributed by atoms with Crippen LogP contribution < -0.4 is 10.6 Å². The van der Waals surface area contributed by atoms with Crippen molar-refractivity contribution >= 4 is 40.6 Å². The van der Waals surface area contributed by atoms with E-state index in [-0.39, 0.29) is 5.91 Å². The third kappa shape index (κ3) is 4.47. The number of rotatable bonds is 5. The molecule has 2 heterocycles. The number of amides is 1. The van der Waals surface area contributed by atoms with E-state index in [1.165, 1.54) is 0 Å². The minimum Gasteiger partial charge on any atom is -0.340 e. The summed E-state index contributed by atoms with van der Waals surface area (Å²) in [5.41, 5.74) is 1.29. The van der Waals surface area contributed by atoms with Crippen molar-refractivity contribution in [2.75, 3.05) is 32.0 Å². The molecular formula is C19H22Cl2N4O. The molecule has 26 heavy (non-hydrogen) atoms. The number of likely N-dealkylation sites (tertiary alicyclic amines) is 1. The lowest BCUT2D eigenvalue weighted by Crippen LogP contribution is -2.42. The Bertz CT molecular complexity index is 782. The summed E-state index contributed by atoms with van der Waals surface area (Å²) in [6.45, 7) is 2.46. The Labute approximate surface area is 163 Å². The summed E-state index contributed by atoms with van der Waals surface area (Å²) in [5, 5.41) is 7.32. The van der Waals surface area contributed by atoms with Crippen molar-refractivity contribution < 1.29 is 4.79 Å². The normalized spacial score (nSPS) is 17.2. The van der Waals surface area contributed by atoms with E-state index in [9.17, 15) is 4.79 Å². The Balaban J connectivity index is 1.79. The van der Waals surface area contributed by atoms with Crippen molar-refractivity contribution in [2.24, 2.45) is 5.92 Å². The molecule has 0 spiro atoms. The van der Waals surface area contributed by atoms with Crippen molar-refractivity contribution in [1.29, 1.82) is 0 Å². The molecule has 1 aliphatic heterocycles. The molecule has 0 radical (unpaired) electrons. The number of hydrogen-bond acceptors (Lipinski definition) is 4. The molecule has 1 atom stereocenters. The Morgan fingerprint density at radius 3 is 2.92 bits per heavy atom. The minimum absolute atomic E-state index is 0.00136. The van der Waals surface area contributed by atoms with Crippen molar-refractivity contribution in [1.82, 2.24) is 15.2 Å². The molecule has 2 aromatic rings. The molecule has 3 rings (SSSR count). The number of carbonyl (C=O) groups excluding carboxylic acids is 1. The predicted molar refractivity (Wildman–Crippen MR) is 107 cm³/mol. The fourth-order valence-corrected chi connectivity index (χ4v) is 3.56. The number of nitrogens with zero attached hydrogens (tertiary/aromatic N) is 2. The summed E-state index contributed by atoms with van der Waals surface area (Å²) < 4.78 is 0. The maximum Gasteiger partial charge on any atom is 0.257 e. The van der Waals surface area contributed by atoms with Gasteiger partial charge >= 0.3 is 0 Å². The van der Waals surface area contributed by atoms with Crippen LogP contribution in [-0.2, 0) is 0 Å². The summed E-state index contributed by atoms with van der Waals surface area (Å²) in [5.74, 6) is 1.01. The standard InChI is InChI=1S/C19H22Cl2N4O/c1-22-11-13-4-3-9-25(12-13)19(26)15-5-2-8-23-18(15)24-14-6-7-16(20)17(21)10-14/h2,5-8,10,13,22H,3-4,9,11-12H2,1H3,(H,23,24). The quantitative estimate of drug-likeness (QED) is 0.800. The second kappa shape index (κ2) is 8.71. The number of benzene rings is 1. The van der Waals surface area contributed by atoms with Crippen LogP contribution in [-0.4, -0.2) is 42.5 Å². The number of carbonyl (C=O) groups is 1. The number of piperidine rings is 1. The molecule has 0 saturated carbocycles. The van der Waals surface area contributed by atoms with Gasteiger partial charge in [-0.05, 0) is 62.7 Å². The summed E-state index contributed by atoms with van der Waals surface area (Å²) in [6, 6.07) is 8.82. The fourth-order valence-electron chi connectivity index (χ4n) is 3.26. The topological polar surface area (TPSA) is 57.3 Å². The van der Waals surface area contributed by atoms with Gasteiger partial charge in [0.2, 0.25) is 0 Å². The first-order chi connectivity index (χ1) is 12.6. The van der Waals surface area contributed by atoms with Crippen LogP contribution in [0.4, 0.5) is 11.5 Å². The van der Waals surface area contributed by atoms with Crippen LogP contribution in [0, 0.1) is 5.92 Å². The summed E-state index contributed by atoms with van der Waals surface area (Å²) >= 11 is 12.0. The number of pyridine rings is 1. The molecule has 1 fully saturated rings. The predicted octanol–water partition coefficient (Wildman–Crippen LogP) is 4.20. The van der Waals surface area contributed by atoms with Crippen molar-refractivity contribution in [2.45, 2.75) is 12.8 Å². The van der Waals surface area contributed by atoms with E-state index in [0.717, 1.165) is 38.2 Å². The summed E-state index contributed by atoms with van der Waals surface area (Å²) in [4.78, 5) is 19.3. The van der Waals surface area contributed by atoms with Crippen LogP contribution >= 0.6 is 23.2 Å². The van der Waals surface area contributed by atoms with Gasteiger partial charge in [0.05, 0.1) is 15.6 Å². The molecule has 1 unspecified atom stereocenters. The molecular weight excluding hydrogens is 371 g/mol. The molecule has 138 valence electrons. The molecule has 5 nitrogen and oxygen atoms in total. The Morgan fingerprint density at radius 2 is 2.15 bits per heavy atom. The molecule has 7 heteroatoms. The molecule has 1 aliphatic rings. The second-order valence-electron chi connectivity index (χ2n) is 6.47. The molecule has 0 bridgehead atoms. The summed E-state index contributed by atoms with van der Waals surface area (Å²) in [7, 11) is 1.95. The lowest BCUT2D eigenvalue weighted by atomic mass is 9.97. The highest BCUT2D eigenvalue weighted by molar-refractivity contribution is 6.42. The van der Waals surface area contributed by atoms with Gasteiger partial charge in [-0.15, -0.1) is 0 Å². The summed E-state index contributed by atoms with van der Waals surface area (Å²) in [6.07, 6.45) is 3.83. The lowest BCUT2D eigenvalue weighted by Gasteiger charge is -2.33. The zero-order valence-electron chi connectivity index (χ0n) is 14.6. The van der Waals surface area contributed by atoms with E-state index >= 15 is 0 Å². The monoisotopic (exact) mass is 392 g/mol. The average molecular weight is 393 g/mol. The van der Waals surface area contributed by atoms with Gasteiger partial charge in [-0.2, -0.15) is 0 Å². The molecule has 1 aromatic heterocycles. The second-order valence-corrected chi connectivity index (χ2v) is 7.28. The Hall–Kier alpha value is -1.82. The molecule has 2 N–H and O–H groups in total. The van der Waals surface area contributed by atoms with E-state index in [4.69, 9.17) is 23.2 Å². The van der Waals surface area contributed by atoms with Crippen LogP contribution in [0.3, 0.4) is 0 Å². The van der Waals surface area contributed by atoms with Gasteiger partial charge in [0.1, 0.15) is 5.82 Å². The first-order valence-corrected chi connectivity index (χ1v) is 9.45.